The van der Waals surface area contributed by atoms with Crippen molar-refractivity contribution in [2.75, 3.05) is 17.7 Å². The van der Waals surface area contributed by atoms with Gasteiger partial charge in [0.1, 0.15) is 0 Å². The first-order chi connectivity index (χ1) is 10.2. The minimum absolute atomic E-state index is 0.120. The van der Waals surface area contributed by atoms with E-state index in [0.717, 1.165) is 35.4 Å². The molecule has 2 heterocycles. The third-order valence-electron chi connectivity index (χ3n) is 4.13. The van der Waals surface area contributed by atoms with Crippen molar-refractivity contribution >= 4 is 22.9 Å². The predicted octanol–water partition coefficient (Wildman–Crippen LogP) is 1.24. The smallest absolute Gasteiger partial charge is 0.224 e. The van der Waals surface area contributed by atoms with Crippen LogP contribution in [0.15, 0.2) is 18.0 Å². The summed E-state index contributed by atoms with van der Waals surface area (Å²) in [5, 5.41) is 12.6. The number of nitrogens with zero attached hydrogens (tertiary/aromatic N) is 4. The summed E-state index contributed by atoms with van der Waals surface area (Å²) in [6, 6.07) is 0.738. The van der Waals surface area contributed by atoms with Gasteiger partial charge in [0, 0.05) is 12.1 Å². The van der Waals surface area contributed by atoms with Crippen molar-refractivity contribution in [2.24, 2.45) is 0 Å². The monoisotopic (exact) mass is 286 g/mol. The molecule has 110 valence electrons. The van der Waals surface area contributed by atoms with Gasteiger partial charge in [-0.25, -0.2) is 4.98 Å². The lowest BCUT2D eigenvalue weighted by Gasteiger charge is -2.13. The van der Waals surface area contributed by atoms with Gasteiger partial charge in [0.2, 0.25) is 5.95 Å². The zero-order chi connectivity index (χ0) is 14.4. The lowest BCUT2D eigenvalue weighted by molar-refractivity contribution is 0.325. The summed E-state index contributed by atoms with van der Waals surface area (Å²) in [5.74, 6) is 0.993. The topological polar surface area (TPSA) is 102 Å². The van der Waals surface area contributed by atoms with E-state index >= 15 is 0 Å². The molecule has 0 aliphatic heterocycles. The van der Waals surface area contributed by atoms with Gasteiger partial charge >= 0.3 is 0 Å². The summed E-state index contributed by atoms with van der Waals surface area (Å²) in [6.45, 7) is 0.120. The van der Waals surface area contributed by atoms with Crippen LogP contribution in [0.25, 0.3) is 11.2 Å². The van der Waals surface area contributed by atoms with Gasteiger partial charge in [-0.1, -0.05) is 6.08 Å². The molecule has 1 fully saturated rings. The Kier molecular flexibility index (Phi) is 2.81. The first-order valence-electron chi connectivity index (χ1n) is 7.30. The molecule has 2 aromatic heterocycles. The maximum atomic E-state index is 9.24. The third kappa shape index (κ3) is 2.23. The number of hydrogen-bond donors (Lipinski definition) is 3. The lowest BCUT2D eigenvalue weighted by atomic mass is 10.2. The molecule has 1 atom stereocenters. The van der Waals surface area contributed by atoms with Crippen LogP contribution in [0.3, 0.4) is 0 Å². The molecule has 4 rings (SSSR count). The largest absolute Gasteiger partial charge is 0.392 e. The standard InChI is InChI=1S/C14H18N6O/c15-14-18-12(17-9-2-3-9)11-13(19-14)20(7-16-11)10-4-1-8(5-10)6-21/h1,7,9-10,21H,2-6H2,(H3,15,17,18,19)/t10-/m0/s1. The molecule has 0 radical (unpaired) electrons. The van der Waals surface area contributed by atoms with E-state index in [1.807, 2.05) is 4.57 Å². The molecule has 2 aromatic rings. The van der Waals surface area contributed by atoms with Crippen molar-refractivity contribution < 1.29 is 5.11 Å². The highest BCUT2D eigenvalue weighted by Crippen LogP contribution is 2.33. The molecule has 0 aromatic carbocycles. The van der Waals surface area contributed by atoms with Gasteiger partial charge in [-0.2, -0.15) is 9.97 Å². The van der Waals surface area contributed by atoms with Gasteiger partial charge in [-0.05, 0) is 31.3 Å². The minimum atomic E-state index is 0.120. The van der Waals surface area contributed by atoms with Crippen molar-refractivity contribution in [1.82, 2.24) is 19.5 Å². The van der Waals surface area contributed by atoms with E-state index in [0.29, 0.717) is 6.04 Å². The van der Waals surface area contributed by atoms with Gasteiger partial charge in [0.05, 0.1) is 12.9 Å². The molecule has 7 heteroatoms. The van der Waals surface area contributed by atoms with Gasteiger partial charge in [-0.15, -0.1) is 0 Å². The number of anilines is 2. The van der Waals surface area contributed by atoms with Crippen LogP contribution in [0.5, 0.6) is 0 Å². The van der Waals surface area contributed by atoms with Gasteiger partial charge in [0.25, 0.3) is 0 Å². The molecule has 2 aliphatic carbocycles. The van der Waals surface area contributed by atoms with E-state index in [1.54, 1.807) is 6.33 Å². The number of aliphatic hydroxyl groups is 1. The fraction of sp³-hybridized carbons (Fsp3) is 0.500. The second kappa shape index (κ2) is 4.70. The number of aromatic nitrogens is 4. The minimum Gasteiger partial charge on any atom is -0.392 e. The third-order valence-corrected chi connectivity index (χ3v) is 4.13. The average Bonchev–Trinajstić information content (AvgIpc) is 3.01. The number of fused-ring (bicyclic) bond motifs is 1. The van der Waals surface area contributed by atoms with Gasteiger partial charge in [-0.3, -0.25) is 0 Å². The highest BCUT2D eigenvalue weighted by atomic mass is 16.3. The van der Waals surface area contributed by atoms with Crippen LogP contribution in [0, 0.1) is 0 Å². The predicted molar refractivity (Wildman–Crippen MR) is 79.8 cm³/mol. The van der Waals surface area contributed by atoms with E-state index in [2.05, 4.69) is 26.3 Å². The zero-order valence-corrected chi connectivity index (χ0v) is 11.7. The molecule has 21 heavy (non-hydrogen) atoms. The van der Waals surface area contributed by atoms with Gasteiger partial charge in [0.15, 0.2) is 17.0 Å². The molecule has 0 saturated heterocycles. The fourth-order valence-corrected chi connectivity index (χ4v) is 2.84. The Hall–Kier alpha value is -2.15. The van der Waals surface area contributed by atoms with Crippen LogP contribution >= 0.6 is 0 Å². The summed E-state index contributed by atoms with van der Waals surface area (Å²) in [5.41, 5.74) is 8.45. The zero-order valence-electron chi connectivity index (χ0n) is 11.7. The normalized spacial score (nSPS) is 21.8. The SMILES string of the molecule is Nc1nc(NC2CC2)c2ncn([C@H]3CC=C(CO)C3)c2n1. The number of nitrogens with two attached hydrogens (primary N) is 1. The Morgan fingerprint density at radius 3 is 2.95 bits per heavy atom. The van der Waals surface area contributed by atoms with E-state index in [9.17, 15) is 5.11 Å². The Labute approximate surface area is 121 Å². The summed E-state index contributed by atoms with van der Waals surface area (Å²) in [7, 11) is 0. The summed E-state index contributed by atoms with van der Waals surface area (Å²) >= 11 is 0. The van der Waals surface area contributed by atoms with E-state index in [-0.39, 0.29) is 18.6 Å². The number of nitrogens with one attached hydrogen (secondary N) is 1. The molecular formula is C14H18N6O. The number of allylic oxidation sites excluding steroid dienone is 1. The van der Waals surface area contributed by atoms with E-state index in [4.69, 9.17) is 5.73 Å². The van der Waals surface area contributed by atoms with Crippen LogP contribution in [0.1, 0.15) is 31.7 Å². The Morgan fingerprint density at radius 2 is 2.24 bits per heavy atom. The fourth-order valence-electron chi connectivity index (χ4n) is 2.84. The Bertz CT molecular complexity index is 718. The average molecular weight is 286 g/mol. The van der Waals surface area contributed by atoms with Crippen LogP contribution in [0.4, 0.5) is 11.8 Å². The molecule has 2 aliphatic rings. The number of nitrogen functional groups attached to an aromatic ring is 1. The van der Waals surface area contributed by atoms with Crippen LogP contribution in [-0.4, -0.2) is 37.3 Å². The molecule has 0 amide bonds. The second-order valence-corrected chi connectivity index (χ2v) is 5.79. The number of imidazole rings is 1. The van der Waals surface area contributed by atoms with Crippen molar-refractivity contribution in [1.29, 1.82) is 0 Å². The molecule has 4 N–H and O–H groups in total. The molecule has 0 unspecified atom stereocenters. The molecule has 7 nitrogen and oxygen atoms in total. The van der Waals surface area contributed by atoms with Crippen LogP contribution in [-0.2, 0) is 0 Å². The molecule has 1 saturated carbocycles. The van der Waals surface area contributed by atoms with Crippen molar-refractivity contribution in [3.8, 4) is 0 Å². The summed E-state index contributed by atoms with van der Waals surface area (Å²) in [6.07, 6.45) is 7.94. The maximum absolute atomic E-state index is 9.24. The van der Waals surface area contributed by atoms with Crippen LogP contribution < -0.4 is 11.1 Å². The maximum Gasteiger partial charge on any atom is 0.224 e. The van der Waals surface area contributed by atoms with Gasteiger partial charge < -0.3 is 20.7 Å². The highest BCUT2D eigenvalue weighted by molar-refractivity contribution is 5.84. The summed E-state index contributed by atoms with van der Waals surface area (Å²) in [4.78, 5) is 13.1. The Morgan fingerprint density at radius 1 is 1.38 bits per heavy atom. The number of hydrogen-bond acceptors (Lipinski definition) is 6. The van der Waals surface area contributed by atoms with E-state index < -0.39 is 0 Å². The Balaban J connectivity index is 1.72. The number of rotatable bonds is 4. The van der Waals surface area contributed by atoms with Crippen molar-refractivity contribution in [2.45, 2.75) is 37.8 Å². The molecular weight excluding hydrogens is 268 g/mol. The van der Waals surface area contributed by atoms with Crippen LogP contribution in [0.2, 0.25) is 0 Å². The van der Waals surface area contributed by atoms with Crippen molar-refractivity contribution in [3.63, 3.8) is 0 Å². The van der Waals surface area contributed by atoms with E-state index in [1.165, 1.54) is 12.8 Å². The summed E-state index contributed by atoms with van der Waals surface area (Å²) < 4.78 is 2.05. The first-order valence-corrected chi connectivity index (χ1v) is 7.30. The molecule has 0 bridgehead atoms. The first kappa shape index (κ1) is 12.6. The second-order valence-electron chi connectivity index (χ2n) is 5.79. The van der Waals surface area contributed by atoms with Crippen molar-refractivity contribution in [3.05, 3.63) is 18.0 Å². The number of aliphatic hydroxyl groups excluding tert-OH is 1. The molecule has 0 spiro atoms. The lowest BCUT2D eigenvalue weighted by Crippen LogP contribution is -2.09. The quantitative estimate of drug-likeness (QED) is 0.731. The highest BCUT2D eigenvalue weighted by Gasteiger charge is 2.25.